The van der Waals surface area contributed by atoms with Crippen LogP contribution in [0.3, 0.4) is 0 Å². The molecule has 0 aliphatic heterocycles. The van der Waals surface area contributed by atoms with Crippen molar-refractivity contribution in [3.8, 4) is 11.5 Å². The van der Waals surface area contributed by atoms with Crippen LogP contribution in [0.4, 0.5) is 5.69 Å². The zero-order chi connectivity index (χ0) is 16.3. The van der Waals surface area contributed by atoms with Crippen molar-refractivity contribution in [1.29, 1.82) is 0 Å². The number of carbonyl (C=O) groups is 1. The van der Waals surface area contributed by atoms with Crippen molar-refractivity contribution in [2.24, 2.45) is 5.92 Å². The lowest BCUT2D eigenvalue weighted by molar-refractivity contribution is -0.385. The van der Waals surface area contributed by atoms with E-state index in [1.165, 1.54) is 19.2 Å². The fraction of sp³-hybridized carbons (Fsp3) is 0.533. The zero-order valence-corrected chi connectivity index (χ0v) is 12.9. The highest BCUT2D eigenvalue weighted by Gasteiger charge is 2.31. The van der Waals surface area contributed by atoms with Gasteiger partial charge in [-0.1, -0.05) is 0 Å². The van der Waals surface area contributed by atoms with Crippen LogP contribution in [0, 0.1) is 16.0 Å². The van der Waals surface area contributed by atoms with Gasteiger partial charge in [0.05, 0.1) is 24.7 Å². The summed E-state index contributed by atoms with van der Waals surface area (Å²) in [5.74, 6) is 0.556. The molecule has 0 radical (unpaired) electrons. The van der Waals surface area contributed by atoms with Gasteiger partial charge in [-0.25, -0.2) is 0 Å². The Morgan fingerprint density at radius 2 is 2.14 bits per heavy atom. The molecular formula is C15H20N2O5. The predicted molar refractivity (Wildman–Crippen MR) is 80.5 cm³/mol. The highest BCUT2D eigenvalue weighted by atomic mass is 16.6. The summed E-state index contributed by atoms with van der Waals surface area (Å²) in [7, 11) is 1.43. The molecule has 1 aliphatic carbocycles. The van der Waals surface area contributed by atoms with E-state index in [1.54, 1.807) is 6.92 Å². The minimum Gasteiger partial charge on any atom is -0.493 e. The second-order valence-corrected chi connectivity index (χ2v) is 5.31. The number of ether oxygens (including phenoxy) is 2. The van der Waals surface area contributed by atoms with Gasteiger partial charge in [0.15, 0.2) is 11.5 Å². The molecule has 1 N–H and O–H groups in total. The third-order valence-corrected chi connectivity index (χ3v) is 3.71. The standard InChI is InChI=1S/C15H20N2O5/c1-4-22-14-8-12(17(19)20)11(7-13(14)21-3)15(18)16-9(2)10-5-6-10/h7-10H,4-6H2,1-3H3,(H,16,18). The van der Waals surface area contributed by atoms with E-state index < -0.39 is 10.8 Å². The van der Waals surface area contributed by atoms with Gasteiger partial charge < -0.3 is 14.8 Å². The highest BCUT2D eigenvalue weighted by molar-refractivity contribution is 5.99. The molecule has 1 aromatic rings. The average Bonchev–Trinajstić information content (AvgIpc) is 3.31. The van der Waals surface area contributed by atoms with E-state index in [0.29, 0.717) is 18.3 Å². The lowest BCUT2D eigenvalue weighted by Gasteiger charge is -2.15. The molecule has 22 heavy (non-hydrogen) atoms. The van der Waals surface area contributed by atoms with Gasteiger partial charge in [-0.05, 0) is 32.6 Å². The maximum Gasteiger partial charge on any atom is 0.286 e. The Morgan fingerprint density at radius 1 is 1.45 bits per heavy atom. The van der Waals surface area contributed by atoms with Crippen LogP contribution >= 0.6 is 0 Å². The number of nitro benzene ring substituents is 1. The van der Waals surface area contributed by atoms with Gasteiger partial charge in [0.2, 0.25) is 0 Å². The van der Waals surface area contributed by atoms with Crippen molar-refractivity contribution in [3.05, 3.63) is 27.8 Å². The van der Waals surface area contributed by atoms with Crippen molar-refractivity contribution in [1.82, 2.24) is 5.32 Å². The van der Waals surface area contributed by atoms with E-state index in [2.05, 4.69) is 5.32 Å². The molecule has 0 bridgehead atoms. The first-order valence-electron chi connectivity index (χ1n) is 7.28. The summed E-state index contributed by atoms with van der Waals surface area (Å²) in [6.07, 6.45) is 2.16. The molecule has 1 unspecified atom stereocenters. The third-order valence-electron chi connectivity index (χ3n) is 3.71. The van der Waals surface area contributed by atoms with Crippen LogP contribution in [0.5, 0.6) is 11.5 Å². The van der Waals surface area contributed by atoms with E-state index in [1.807, 2.05) is 6.92 Å². The van der Waals surface area contributed by atoms with Crippen LogP contribution in [0.15, 0.2) is 12.1 Å². The van der Waals surface area contributed by atoms with Crippen LogP contribution in [-0.4, -0.2) is 30.6 Å². The molecule has 7 nitrogen and oxygen atoms in total. The number of amides is 1. The Bertz CT molecular complexity index is 584. The fourth-order valence-corrected chi connectivity index (χ4v) is 2.31. The summed E-state index contributed by atoms with van der Waals surface area (Å²) in [6.45, 7) is 4.02. The predicted octanol–water partition coefficient (Wildman–Crippen LogP) is 2.53. The first-order valence-corrected chi connectivity index (χ1v) is 7.28. The number of methoxy groups -OCH3 is 1. The van der Waals surface area contributed by atoms with Gasteiger partial charge in [0.1, 0.15) is 5.56 Å². The summed E-state index contributed by atoms with van der Waals surface area (Å²) >= 11 is 0. The van der Waals surface area contributed by atoms with E-state index in [0.717, 1.165) is 12.8 Å². The first kappa shape index (κ1) is 16.1. The third kappa shape index (κ3) is 3.47. The summed E-state index contributed by atoms with van der Waals surface area (Å²) in [5.41, 5.74) is -0.303. The molecule has 0 saturated heterocycles. The molecule has 1 atom stereocenters. The molecule has 2 rings (SSSR count). The monoisotopic (exact) mass is 308 g/mol. The molecular weight excluding hydrogens is 288 g/mol. The number of carbonyl (C=O) groups excluding carboxylic acids is 1. The smallest absolute Gasteiger partial charge is 0.286 e. The quantitative estimate of drug-likeness (QED) is 0.617. The minimum atomic E-state index is -0.585. The number of nitrogens with zero attached hydrogens (tertiary/aromatic N) is 1. The maximum absolute atomic E-state index is 12.3. The maximum atomic E-state index is 12.3. The van der Waals surface area contributed by atoms with Crippen molar-refractivity contribution in [3.63, 3.8) is 0 Å². The summed E-state index contributed by atoms with van der Waals surface area (Å²) in [4.78, 5) is 23.0. The average molecular weight is 308 g/mol. The molecule has 1 aromatic carbocycles. The Kier molecular flexibility index (Phi) is 4.85. The van der Waals surface area contributed by atoms with E-state index >= 15 is 0 Å². The highest BCUT2D eigenvalue weighted by Crippen LogP contribution is 2.36. The van der Waals surface area contributed by atoms with E-state index in [9.17, 15) is 14.9 Å². The lowest BCUT2D eigenvalue weighted by atomic mass is 10.1. The molecule has 1 aliphatic rings. The SMILES string of the molecule is CCOc1cc([N+](=O)[O-])c(C(=O)NC(C)C2CC2)cc1OC. The van der Waals surface area contributed by atoms with Crippen molar-refractivity contribution >= 4 is 11.6 Å². The van der Waals surface area contributed by atoms with Crippen LogP contribution in [0.2, 0.25) is 0 Å². The molecule has 1 amide bonds. The molecule has 7 heteroatoms. The number of nitro groups is 1. The molecule has 0 spiro atoms. The Labute approximate surface area is 128 Å². The number of benzene rings is 1. The van der Waals surface area contributed by atoms with Gasteiger partial charge in [0, 0.05) is 12.1 Å². The Hall–Kier alpha value is -2.31. The van der Waals surface area contributed by atoms with E-state index in [4.69, 9.17) is 9.47 Å². The molecule has 1 saturated carbocycles. The van der Waals surface area contributed by atoms with Crippen LogP contribution in [-0.2, 0) is 0 Å². The van der Waals surface area contributed by atoms with Crippen molar-refractivity contribution < 1.29 is 19.2 Å². The van der Waals surface area contributed by atoms with E-state index in [-0.39, 0.29) is 23.0 Å². The first-order chi connectivity index (χ1) is 10.5. The second kappa shape index (κ2) is 6.64. The van der Waals surface area contributed by atoms with Gasteiger partial charge in [0.25, 0.3) is 11.6 Å². The fourth-order valence-electron chi connectivity index (χ4n) is 2.31. The molecule has 0 aromatic heterocycles. The number of nitrogens with one attached hydrogen (secondary N) is 1. The van der Waals surface area contributed by atoms with Gasteiger partial charge in [-0.15, -0.1) is 0 Å². The number of hydrogen-bond acceptors (Lipinski definition) is 5. The van der Waals surface area contributed by atoms with Gasteiger partial charge in [-0.3, -0.25) is 14.9 Å². The normalized spacial score (nSPS) is 15.0. The molecule has 0 heterocycles. The number of rotatable bonds is 7. The van der Waals surface area contributed by atoms with Crippen molar-refractivity contribution in [2.45, 2.75) is 32.7 Å². The van der Waals surface area contributed by atoms with Crippen molar-refractivity contribution in [2.75, 3.05) is 13.7 Å². The molecule has 120 valence electrons. The van der Waals surface area contributed by atoms with Crippen LogP contribution < -0.4 is 14.8 Å². The van der Waals surface area contributed by atoms with Gasteiger partial charge in [-0.2, -0.15) is 0 Å². The minimum absolute atomic E-state index is 0.00432. The lowest BCUT2D eigenvalue weighted by Crippen LogP contribution is -2.34. The van der Waals surface area contributed by atoms with Crippen LogP contribution in [0.25, 0.3) is 0 Å². The topological polar surface area (TPSA) is 90.7 Å². The number of hydrogen-bond donors (Lipinski definition) is 1. The molecule has 1 fully saturated rings. The summed E-state index contributed by atoms with van der Waals surface area (Å²) < 4.78 is 10.5. The Balaban J connectivity index is 2.34. The van der Waals surface area contributed by atoms with Crippen LogP contribution in [0.1, 0.15) is 37.0 Å². The summed E-state index contributed by atoms with van der Waals surface area (Å²) in [5, 5.41) is 14.1. The summed E-state index contributed by atoms with van der Waals surface area (Å²) in [6, 6.07) is 2.60. The Morgan fingerprint density at radius 3 is 2.64 bits per heavy atom. The second-order valence-electron chi connectivity index (χ2n) is 5.31. The zero-order valence-electron chi connectivity index (χ0n) is 12.9. The largest absolute Gasteiger partial charge is 0.493 e. The van der Waals surface area contributed by atoms with Gasteiger partial charge >= 0.3 is 0 Å².